The third kappa shape index (κ3) is 7.20. The lowest BCUT2D eigenvalue weighted by Gasteiger charge is -2.64. The molecule has 0 spiro atoms. The predicted molar refractivity (Wildman–Crippen MR) is 177 cm³/mol. The van der Waals surface area contributed by atoms with Crippen LogP contribution in [0.3, 0.4) is 0 Å². The van der Waals surface area contributed by atoms with Gasteiger partial charge >= 0.3 is 7.12 Å². The summed E-state index contributed by atoms with van der Waals surface area (Å²) >= 11 is 1.08. The molecule has 2 heterocycles. The van der Waals surface area contributed by atoms with Crippen molar-refractivity contribution in [2.24, 2.45) is 23.2 Å². The summed E-state index contributed by atoms with van der Waals surface area (Å²) in [6, 6.07) is 9.28. The maximum Gasteiger partial charge on any atom is 0.481 e. The third-order valence-corrected chi connectivity index (χ3v) is 13.1. The van der Waals surface area contributed by atoms with Crippen molar-refractivity contribution in [2.45, 2.75) is 108 Å². The topological polar surface area (TPSA) is 123 Å². The van der Waals surface area contributed by atoms with Gasteiger partial charge in [-0.05, 0) is 91.3 Å². The number of benzene rings is 1. The summed E-state index contributed by atoms with van der Waals surface area (Å²) in [6.07, 6.45) is 5.66. The fourth-order valence-corrected chi connectivity index (χ4v) is 9.52. The normalized spacial score (nSPS) is 26.6. The van der Waals surface area contributed by atoms with Gasteiger partial charge in [0.2, 0.25) is 15.9 Å². The summed E-state index contributed by atoms with van der Waals surface area (Å²) in [5.74, 6) is -0.244. The van der Waals surface area contributed by atoms with Crippen LogP contribution in [-0.2, 0) is 30.5 Å². The summed E-state index contributed by atoms with van der Waals surface area (Å²) < 4.78 is 41.8. The van der Waals surface area contributed by atoms with Crippen LogP contribution in [0.25, 0.3) is 0 Å². The van der Waals surface area contributed by atoms with Gasteiger partial charge in [0, 0.05) is 12.1 Å². The fourth-order valence-electron chi connectivity index (χ4n) is 7.44. The zero-order chi connectivity index (χ0) is 32.6. The number of amides is 2. The number of sulfonamides is 1. The molecule has 1 aliphatic heterocycles. The summed E-state index contributed by atoms with van der Waals surface area (Å²) in [5.41, 5.74) is 1.28. The molecule has 0 unspecified atom stereocenters. The van der Waals surface area contributed by atoms with E-state index in [1.807, 2.05) is 12.1 Å². The number of rotatable bonds is 14. The van der Waals surface area contributed by atoms with Gasteiger partial charge in [-0.15, -0.1) is 11.3 Å². The van der Waals surface area contributed by atoms with Crippen molar-refractivity contribution >= 4 is 40.3 Å². The van der Waals surface area contributed by atoms with Gasteiger partial charge in [-0.3, -0.25) is 9.59 Å². The third-order valence-electron chi connectivity index (χ3n) is 10.2. The van der Waals surface area contributed by atoms with Gasteiger partial charge in [-0.1, -0.05) is 59.2 Å². The molecule has 2 aromatic rings. The molecule has 3 aliphatic carbocycles. The van der Waals surface area contributed by atoms with Gasteiger partial charge in [-0.25, -0.2) is 13.1 Å². The summed E-state index contributed by atoms with van der Waals surface area (Å²) in [6.45, 7) is 12.7. The Morgan fingerprint density at radius 2 is 1.82 bits per heavy atom. The Labute approximate surface area is 272 Å². The van der Waals surface area contributed by atoms with E-state index >= 15 is 0 Å². The molecular formula is C33H48BN3O6S2. The first kappa shape index (κ1) is 34.1. The van der Waals surface area contributed by atoms with Crippen LogP contribution in [0.1, 0.15) is 89.6 Å². The van der Waals surface area contributed by atoms with E-state index in [1.54, 1.807) is 23.6 Å². The second kappa shape index (κ2) is 13.5. The van der Waals surface area contributed by atoms with Crippen LogP contribution in [0.2, 0.25) is 0 Å². The number of aryl methyl sites for hydroxylation is 1. The zero-order valence-corrected chi connectivity index (χ0v) is 28.9. The highest BCUT2D eigenvalue weighted by Gasteiger charge is 2.68. The van der Waals surface area contributed by atoms with Gasteiger partial charge < -0.3 is 19.9 Å². The molecule has 3 saturated carbocycles. The number of hydrogen-bond acceptors (Lipinski definition) is 7. The molecule has 3 N–H and O–H groups in total. The van der Waals surface area contributed by atoms with Crippen molar-refractivity contribution in [3.8, 4) is 0 Å². The van der Waals surface area contributed by atoms with Gasteiger partial charge in [0.05, 0.1) is 17.6 Å². The summed E-state index contributed by atoms with van der Waals surface area (Å²) in [4.78, 5) is 27.3. The molecule has 4 fully saturated rings. The second-order valence-electron chi connectivity index (χ2n) is 14.2. The number of carbonyl (C=O) groups excluding carboxylic acids is 2. The molecule has 0 radical (unpaired) electrons. The van der Waals surface area contributed by atoms with Crippen LogP contribution in [0.15, 0.2) is 46.0 Å². The number of thiophene rings is 1. The highest BCUT2D eigenvalue weighted by atomic mass is 32.2. The van der Waals surface area contributed by atoms with Crippen molar-refractivity contribution in [3.05, 3.63) is 52.9 Å². The Hall–Kier alpha value is -2.25. The van der Waals surface area contributed by atoms with Crippen LogP contribution in [0.5, 0.6) is 0 Å². The number of carbonyl (C=O) groups is 2. The average molecular weight is 658 g/mol. The number of nitrogens with one attached hydrogen (secondary N) is 3. The van der Waals surface area contributed by atoms with Crippen LogP contribution in [-0.4, -0.2) is 57.6 Å². The van der Waals surface area contributed by atoms with Crippen molar-refractivity contribution in [2.75, 3.05) is 6.54 Å². The molecule has 1 saturated heterocycles. The highest BCUT2D eigenvalue weighted by molar-refractivity contribution is 7.91. The fraction of sp³-hybridized carbons (Fsp3) is 0.636. The first-order chi connectivity index (χ1) is 21.2. The monoisotopic (exact) mass is 657 g/mol. The molecule has 246 valence electrons. The van der Waals surface area contributed by atoms with E-state index in [0.29, 0.717) is 23.8 Å². The lowest BCUT2D eigenvalue weighted by molar-refractivity contribution is -0.199. The van der Waals surface area contributed by atoms with Crippen molar-refractivity contribution in [3.63, 3.8) is 0 Å². The molecule has 2 bridgehead atoms. The van der Waals surface area contributed by atoms with E-state index < -0.39 is 46.5 Å². The van der Waals surface area contributed by atoms with E-state index in [4.69, 9.17) is 9.31 Å². The molecule has 12 heteroatoms. The number of hydrogen-bond donors (Lipinski definition) is 3. The highest BCUT2D eigenvalue weighted by Crippen LogP contribution is 2.65. The molecule has 1 aromatic heterocycles. The maximum absolute atomic E-state index is 13.9. The van der Waals surface area contributed by atoms with E-state index in [2.05, 4.69) is 56.9 Å². The second-order valence-corrected chi connectivity index (χ2v) is 17.1. The Morgan fingerprint density at radius 1 is 1.09 bits per heavy atom. The largest absolute Gasteiger partial charge is 0.481 e. The quantitative estimate of drug-likeness (QED) is 0.247. The molecule has 9 nitrogen and oxygen atoms in total. The van der Waals surface area contributed by atoms with Crippen LogP contribution in [0.4, 0.5) is 0 Å². The summed E-state index contributed by atoms with van der Waals surface area (Å²) in [5, 5.41) is 7.55. The predicted octanol–water partition coefficient (Wildman–Crippen LogP) is 4.97. The van der Waals surface area contributed by atoms with Crippen LogP contribution in [0, 0.1) is 23.2 Å². The van der Waals surface area contributed by atoms with E-state index in [0.717, 1.165) is 49.0 Å². The Balaban J connectivity index is 1.33. The maximum atomic E-state index is 13.9. The minimum Gasteiger partial charge on any atom is -0.404 e. The van der Waals surface area contributed by atoms with Crippen molar-refractivity contribution in [1.82, 2.24) is 15.4 Å². The molecule has 6 atom stereocenters. The average Bonchev–Trinajstić information content (AvgIpc) is 3.66. The minimum absolute atomic E-state index is 0.0424. The Morgan fingerprint density at radius 3 is 2.44 bits per heavy atom. The zero-order valence-electron chi connectivity index (χ0n) is 27.3. The van der Waals surface area contributed by atoms with Gasteiger partial charge in [0.1, 0.15) is 10.3 Å². The van der Waals surface area contributed by atoms with Gasteiger partial charge in [0.15, 0.2) is 0 Å². The molecule has 1 aromatic carbocycles. The van der Waals surface area contributed by atoms with E-state index in [9.17, 15) is 18.0 Å². The molecule has 45 heavy (non-hydrogen) atoms. The van der Waals surface area contributed by atoms with Gasteiger partial charge in [0.25, 0.3) is 5.91 Å². The SMILES string of the molecule is CCCCc1ccc(C(=O)N[C@@H](CNS(=O)(=O)c2cccs2)C(=O)N[C@@H](CC(C)C)B2O[C@@H]3C[C@@H]4C[C@@H](C4(C)C)[C@]3(C)O2)cc1. The Bertz CT molecular complexity index is 1450. The molecular weight excluding hydrogens is 609 g/mol. The Kier molecular flexibility index (Phi) is 10.2. The smallest absolute Gasteiger partial charge is 0.404 e. The standard InChI is InChI=1S/C33H48BN3O6S2/c1-7-8-10-22-12-14-23(15-13-22)30(38)36-25(20-35-45(40,41)29-11-9-16-44-29)31(39)37-28(17-21(2)3)34-42-27-19-24-18-26(32(24,4)5)33(27,6)43-34/h9,11-16,21,24-28,35H,7-8,10,17-20H2,1-6H3,(H,36,38)(H,37,39)/t24-,25-,26-,27+,28-,33-/m0/s1. The number of unbranched alkanes of at least 4 members (excludes halogenated alkanes) is 1. The summed E-state index contributed by atoms with van der Waals surface area (Å²) in [7, 11) is -4.51. The first-order valence-electron chi connectivity index (χ1n) is 16.3. The molecule has 4 aliphatic rings. The lowest BCUT2D eigenvalue weighted by Crippen LogP contribution is -2.65. The first-order valence-corrected chi connectivity index (χ1v) is 18.7. The van der Waals surface area contributed by atoms with Gasteiger partial charge in [-0.2, -0.15) is 0 Å². The molecule has 6 rings (SSSR count). The molecule has 2 amide bonds. The van der Waals surface area contributed by atoms with Crippen LogP contribution >= 0.6 is 11.3 Å². The van der Waals surface area contributed by atoms with Crippen molar-refractivity contribution < 1.29 is 27.3 Å². The van der Waals surface area contributed by atoms with E-state index in [1.165, 1.54) is 6.07 Å². The van der Waals surface area contributed by atoms with Crippen LogP contribution < -0.4 is 15.4 Å². The minimum atomic E-state index is -3.87. The lowest BCUT2D eigenvalue weighted by atomic mass is 9.43. The van der Waals surface area contributed by atoms with Crippen molar-refractivity contribution in [1.29, 1.82) is 0 Å². The van der Waals surface area contributed by atoms with E-state index in [-0.39, 0.29) is 28.2 Å².